The van der Waals surface area contributed by atoms with Crippen molar-refractivity contribution in [2.45, 2.75) is 18.9 Å². The molecule has 13 heavy (non-hydrogen) atoms. The Morgan fingerprint density at radius 2 is 2.23 bits per heavy atom. The van der Waals surface area contributed by atoms with E-state index in [0.29, 0.717) is 6.04 Å². The van der Waals surface area contributed by atoms with Gasteiger partial charge in [-0.1, -0.05) is 0 Å². The summed E-state index contributed by atoms with van der Waals surface area (Å²) in [5.41, 5.74) is 7.11. The van der Waals surface area contributed by atoms with Gasteiger partial charge in [0.15, 0.2) is 0 Å². The fourth-order valence-electron chi connectivity index (χ4n) is 2.09. The second-order valence-electron chi connectivity index (χ2n) is 3.64. The monoisotopic (exact) mass is 179 g/mol. The molecule has 3 N–H and O–H groups in total. The normalized spacial score (nSPS) is 20.7. The van der Waals surface area contributed by atoms with Crippen molar-refractivity contribution in [3.63, 3.8) is 0 Å². The highest BCUT2D eigenvalue weighted by Crippen LogP contribution is 2.23. The molecule has 0 spiro atoms. The summed E-state index contributed by atoms with van der Waals surface area (Å²) in [7, 11) is 0. The van der Waals surface area contributed by atoms with E-state index in [9.17, 15) is 0 Å². The van der Waals surface area contributed by atoms with Gasteiger partial charge in [0.2, 0.25) is 0 Å². The van der Waals surface area contributed by atoms with Crippen LogP contribution in [0, 0.1) is 0 Å². The quantitative estimate of drug-likeness (QED) is 0.730. The van der Waals surface area contributed by atoms with E-state index in [0.717, 1.165) is 6.54 Å². The fraction of sp³-hybridized carbons (Fsp3) is 0.600. The van der Waals surface area contributed by atoms with Crippen LogP contribution in [0.5, 0.6) is 0 Å². The summed E-state index contributed by atoms with van der Waals surface area (Å²) >= 11 is 0. The van der Waals surface area contributed by atoms with Crippen LogP contribution in [0.3, 0.4) is 0 Å². The summed E-state index contributed by atoms with van der Waals surface area (Å²) in [6.45, 7) is 3.12. The van der Waals surface area contributed by atoms with Gasteiger partial charge in [-0.05, 0) is 37.6 Å². The molecular formula is C10H17N3. The van der Waals surface area contributed by atoms with Crippen molar-refractivity contribution >= 4 is 0 Å². The molecule has 1 saturated heterocycles. The van der Waals surface area contributed by atoms with E-state index in [1.165, 1.54) is 31.5 Å². The predicted molar refractivity (Wildman–Crippen MR) is 53.4 cm³/mol. The van der Waals surface area contributed by atoms with Crippen LogP contribution in [0.2, 0.25) is 0 Å². The topological polar surface area (TPSA) is 45.1 Å². The molecule has 2 rings (SSSR count). The Balaban J connectivity index is 2.08. The SMILES string of the molecule is NCC(c1cc[nH]c1)N1CCCC1. The van der Waals surface area contributed by atoms with E-state index in [-0.39, 0.29) is 0 Å². The molecule has 3 nitrogen and oxygen atoms in total. The highest BCUT2D eigenvalue weighted by Gasteiger charge is 2.21. The zero-order valence-electron chi connectivity index (χ0n) is 7.87. The minimum absolute atomic E-state index is 0.425. The first kappa shape index (κ1) is 8.78. The van der Waals surface area contributed by atoms with Crippen LogP contribution in [-0.2, 0) is 0 Å². The second-order valence-corrected chi connectivity index (χ2v) is 3.64. The number of hydrogen-bond donors (Lipinski definition) is 2. The first-order valence-electron chi connectivity index (χ1n) is 4.98. The van der Waals surface area contributed by atoms with Crippen molar-refractivity contribution in [3.8, 4) is 0 Å². The smallest absolute Gasteiger partial charge is 0.0485 e. The van der Waals surface area contributed by atoms with Gasteiger partial charge in [0.1, 0.15) is 0 Å². The van der Waals surface area contributed by atoms with Crippen molar-refractivity contribution in [1.82, 2.24) is 9.88 Å². The maximum Gasteiger partial charge on any atom is 0.0485 e. The van der Waals surface area contributed by atoms with Gasteiger partial charge in [0.05, 0.1) is 0 Å². The number of nitrogens with zero attached hydrogens (tertiary/aromatic N) is 1. The van der Waals surface area contributed by atoms with Gasteiger partial charge in [0.25, 0.3) is 0 Å². The van der Waals surface area contributed by atoms with E-state index in [2.05, 4.69) is 22.1 Å². The van der Waals surface area contributed by atoms with Crippen LogP contribution in [0.1, 0.15) is 24.4 Å². The molecule has 3 heteroatoms. The van der Waals surface area contributed by atoms with Crippen LogP contribution < -0.4 is 5.73 Å². The van der Waals surface area contributed by atoms with E-state index in [1.54, 1.807) is 0 Å². The predicted octanol–water partition coefficient (Wildman–Crippen LogP) is 1.11. The van der Waals surface area contributed by atoms with E-state index in [4.69, 9.17) is 5.73 Å². The Labute approximate surface area is 78.9 Å². The average Bonchev–Trinajstić information content (AvgIpc) is 2.76. The van der Waals surface area contributed by atoms with Crippen molar-refractivity contribution in [2.75, 3.05) is 19.6 Å². The standard InChI is InChI=1S/C10H17N3/c11-7-10(9-3-4-12-8-9)13-5-1-2-6-13/h3-4,8,10,12H,1-2,5-7,11H2. The lowest BCUT2D eigenvalue weighted by Gasteiger charge is -2.25. The molecule has 0 amide bonds. The Kier molecular flexibility index (Phi) is 2.66. The molecule has 72 valence electrons. The van der Waals surface area contributed by atoms with Gasteiger partial charge in [0, 0.05) is 25.0 Å². The van der Waals surface area contributed by atoms with Crippen LogP contribution in [0.15, 0.2) is 18.5 Å². The highest BCUT2D eigenvalue weighted by molar-refractivity contribution is 5.14. The number of likely N-dealkylation sites (tertiary alicyclic amines) is 1. The summed E-state index contributed by atoms with van der Waals surface area (Å²) in [4.78, 5) is 5.56. The molecule has 2 heterocycles. The van der Waals surface area contributed by atoms with Gasteiger partial charge < -0.3 is 10.7 Å². The molecule has 0 saturated carbocycles. The van der Waals surface area contributed by atoms with E-state index in [1.807, 2.05) is 6.20 Å². The molecule has 0 bridgehead atoms. The van der Waals surface area contributed by atoms with Gasteiger partial charge in [-0.2, -0.15) is 0 Å². The molecule has 1 aliphatic heterocycles. The third kappa shape index (κ3) is 1.76. The van der Waals surface area contributed by atoms with Crippen molar-refractivity contribution in [3.05, 3.63) is 24.0 Å². The zero-order valence-corrected chi connectivity index (χ0v) is 7.87. The number of rotatable bonds is 3. The summed E-state index contributed by atoms with van der Waals surface area (Å²) < 4.78 is 0. The summed E-state index contributed by atoms with van der Waals surface area (Å²) in [5.74, 6) is 0. The number of nitrogens with two attached hydrogens (primary N) is 1. The van der Waals surface area contributed by atoms with E-state index < -0.39 is 0 Å². The Hall–Kier alpha value is -0.800. The summed E-state index contributed by atoms with van der Waals surface area (Å²) in [6.07, 6.45) is 6.66. The Morgan fingerprint density at radius 3 is 2.77 bits per heavy atom. The number of aromatic nitrogens is 1. The molecular weight excluding hydrogens is 162 g/mol. The van der Waals surface area contributed by atoms with Crippen molar-refractivity contribution < 1.29 is 0 Å². The van der Waals surface area contributed by atoms with Crippen molar-refractivity contribution in [1.29, 1.82) is 0 Å². The van der Waals surface area contributed by atoms with Crippen LogP contribution in [0.25, 0.3) is 0 Å². The molecule has 1 aliphatic rings. The minimum atomic E-state index is 0.425. The third-order valence-corrected chi connectivity index (χ3v) is 2.81. The lowest BCUT2D eigenvalue weighted by atomic mass is 10.1. The maximum absolute atomic E-state index is 5.79. The first-order chi connectivity index (χ1) is 6.42. The summed E-state index contributed by atoms with van der Waals surface area (Å²) in [6, 6.07) is 2.55. The zero-order chi connectivity index (χ0) is 9.10. The minimum Gasteiger partial charge on any atom is -0.367 e. The third-order valence-electron chi connectivity index (χ3n) is 2.81. The van der Waals surface area contributed by atoms with Crippen LogP contribution in [-0.4, -0.2) is 29.5 Å². The number of nitrogens with one attached hydrogen (secondary N) is 1. The van der Waals surface area contributed by atoms with Crippen LogP contribution >= 0.6 is 0 Å². The van der Waals surface area contributed by atoms with Gasteiger partial charge in [-0.3, -0.25) is 4.90 Å². The van der Waals surface area contributed by atoms with E-state index >= 15 is 0 Å². The molecule has 0 aromatic carbocycles. The lowest BCUT2D eigenvalue weighted by molar-refractivity contribution is 0.251. The number of hydrogen-bond acceptors (Lipinski definition) is 2. The largest absolute Gasteiger partial charge is 0.367 e. The van der Waals surface area contributed by atoms with Gasteiger partial charge in [-0.15, -0.1) is 0 Å². The second kappa shape index (κ2) is 3.94. The molecule has 1 aromatic heterocycles. The molecule has 1 atom stereocenters. The van der Waals surface area contributed by atoms with Gasteiger partial charge >= 0.3 is 0 Å². The first-order valence-corrected chi connectivity index (χ1v) is 4.98. The number of aromatic amines is 1. The lowest BCUT2D eigenvalue weighted by Crippen LogP contribution is -2.31. The van der Waals surface area contributed by atoms with Gasteiger partial charge in [-0.25, -0.2) is 0 Å². The Morgan fingerprint density at radius 1 is 1.46 bits per heavy atom. The molecule has 1 unspecified atom stereocenters. The number of H-pyrrole nitrogens is 1. The maximum atomic E-state index is 5.79. The fourth-order valence-corrected chi connectivity index (χ4v) is 2.09. The average molecular weight is 179 g/mol. The summed E-state index contributed by atoms with van der Waals surface area (Å²) in [5, 5.41) is 0. The molecule has 1 aromatic rings. The highest BCUT2D eigenvalue weighted by atomic mass is 15.2. The molecule has 0 radical (unpaired) electrons. The molecule has 1 fully saturated rings. The Bertz CT molecular complexity index is 237. The van der Waals surface area contributed by atoms with Crippen molar-refractivity contribution in [2.24, 2.45) is 5.73 Å². The van der Waals surface area contributed by atoms with Crippen LogP contribution in [0.4, 0.5) is 0 Å². The molecule has 0 aliphatic carbocycles.